The molecule has 1 aromatic heterocycles. The minimum absolute atomic E-state index is 0.471. The zero-order chi connectivity index (χ0) is 12.3. The molecule has 0 N–H and O–H groups in total. The summed E-state index contributed by atoms with van der Waals surface area (Å²) in [6.07, 6.45) is 6.91. The van der Waals surface area contributed by atoms with E-state index in [-0.39, 0.29) is 0 Å². The molecule has 0 unspecified atom stereocenters. The second-order valence-electron chi connectivity index (χ2n) is 6.49. The molecular formula is C14H18N4. The van der Waals surface area contributed by atoms with E-state index in [0.717, 1.165) is 29.4 Å². The van der Waals surface area contributed by atoms with Crippen molar-refractivity contribution < 1.29 is 0 Å². The van der Waals surface area contributed by atoms with Crippen molar-refractivity contribution in [2.75, 3.05) is 0 Å². The fourth-order valence-electron chi connectivity index (χ4n) is 4.91. The SMILES string of the molecule is Cc1nn(C2C3CC4CC(C3)CC2C4)nc1C#N. The molecule has 4 bridgehead atoms. The van der Waals surface area contributed by atoms with Gasteiger partial charge in [0.2, 0.25) is 0 Å². The van der Waals surface area contributed by atoms with Gasteiger partial charge in [-0.2, -0.15) is 15.2 Å². The smallest absolute Gasteiger partial charge is 0.185 e. The fourth-order valence-corrected chi connectivity index (χ4v) is 4.91. The minimum atomic E-state index is 0.471. The van der Waals surface area contributed by atoms with Crippen LogP contribution in [0.1, 0.15) is 49.5 Å². The van der Waals surface area contributed by atoms with Crippen LogP contribution in [0, 0.1) is 41.9 Å². The molecule has 0 saturated heterocycles. The van der Waals surface area contributed by atoms with Gasteiger partial charge in [0.1, 0.15) is 6.07 Å². The van der Waals surface area contributed by atoms with E-state index in [0.29, 0.717) is 11.7 Å². The Bertz CT molecular complexity index is 496. The van der Waals surface area contributed by atoms with Gasteiger partial charge in [-0.1, -0.05) is 0 Å². The Morgan fingerprint density at radius 3 is 2.17 bits per heavy atom. The molecule has 4 aliphatic carbocycles. The van der Waals surface area contributed by atoms with E-state index in [1.807, 2.05) is 11.7 Å². The van der Waals surface area contributed by atoms with E-state index >= 15 is 0 Å². The molecule has 5 rings (SSSR count). The van der Waals surface area contributed by atoms with Crippen molar-refractivity contribution in [1.29, 1.82) is 5.26 Å². The molecule has 4 aliphatic rings. The highest BCUT2D eigenvalue weighted by Gasteiger charge is 2.49. The third kappa shape index (κ3) is 1.36. The van der Waals surface area contributed by atoms with Gasteiger partial charge in [0.05, 0.1) is 11.7 Å². The van der Waals surface area contributed by atoms with Gasteiger partial charge < -0.3 is 0 Å². The minimum Gasteiger partial charge on any atom is -0.191 e. The summed E-state index contributed by atoms with van der Waals surface area (Å²) >= 11 is 0. The molecular weight excluding hydrogens is 224 g/mol. The molecule has 94 valence electrons. The first-order chi connectivity index (χ1) is 8.74. The normalized spacial score (nSPS) is 41.0. The lowest BCUT2D eigenvalue weighted by molar-refractivity contribution is -0.0390. The number of aryl methyl sites for hydroxylation is 1. The Hall–Kier alpha value is -1.37. The van der Waals surface area contributed by atoms with E-state index in [9.17, 15) is 0 Å². The molecule has 0 aliphatic heterocycles. The molecule has 4 fully saturated rings. The van der Waals surface area contributed by atoms with E-state index in [1.54, 1.807) is 0 Å². The van der Waals surface area contributed by atoms with E-state index in [1.165, 1.54) is 32.1 Å². The first-order valence-corrected chi connectivity index (χ1v) is 7.08. The zero-order valence-electron chi connectivity index (χ0n) is 10.7. The van der Waals surface area contributed by atoms with Crippen LogP contribution in [0.5, 0.6) is 0 Å². The van der Waals surface area contributed by atoms with E-state index in [4.69, 9.17) is 5.26 Å². The summed E-state index contributed by atoms with van der Waals surface area (Å²) in [5, 5.41) is 17.9. The van der Waals surface area contributed by atoms with Gasteiger partial charge in [0, 0.05) is 0 Å². The van der Waals surface area contributed by atoms with E-state index < -0.39 is 0 Å². The van der Waals surface area contributed by atoms with E-state index in [2.05, 4.69) is 16.3 Å². The third-order valence-electron chi connectivity index (χ3n) is 5.35. The number of rotatable bonds is 1. The average Bonchev–Trinajstić information content (AvgIpc) is 2.69. The van der Waals surface area contributed by atoms with Crippen molar-refractivity contribution >= 4 is 0 Å². The maximum absolute atomic E-state index is 9.02. The van der Waals surface area contributed by atoms with Gasteiger partial charge in [-0.05, 0) is 62.7 Å². The lowest BCUT2D eigenvalue weighted by Crippen LogP contribution is -2.46. The molecule has 0 amide bonds. The number of nitriles is 1. The molecule has 4 nitrogen and oxygen atoms in total. The highest BCUT2D eigenvalue weighted by Crippen LogP contribution is 2.57. The largest absolute Gasteiger partial charge is 0.191 e. The summed E-state index contributed by atoms with van der Waals surface area (Å²) in [6.45, 7) is 1.89. The van der Waals surface area contributed by atoms with Crippen molar-refractivity contribution in [3.63, 3.8) is 0 Å². The third-order valence-corrected chi connectivity index (χ3v) is 5.35. The average molecular weight is 242 g/mol. The predicted molar refractivity (Wildman–Crippen MR) is 65.6 cm³/mol. The van der Waals surface area contributed by atoms with Crippen LogP contribution in [0.25, 0.3) is 0 Å². The van der Waals surface area contributed by atoms with Crippen LogP contribution >= 0.6 is 0 Å². The molecule has 0 radical (unpaired) electrons. The number of hydrogen-bond acceptors (Lipinski definition) is 3. The van der Waals surface area contributed by atoms with Crippen LogP contribution in [-0.2, 0) is 0 Å². The van der Waals surface area contributed by atoms with Crippen LogP contribution in [0.4, 0.5) is 0 Å². The summed E-state index contributed by atoms with van der Waals surface area (Å²) < 4.78 is 0. The van der Waals surface area contributed by atoms with Crippen molar-refractivity contribution in [3.8, 4) is 6.07 Å². The number of hydrogen-bond donors (Lipinski definition) is 0. The topological polar surface area (TPSA) is 54.5 Å². The fraction of sp³-hybridized carbons (Fsp3) is 0.786. The predicted octanol–water partition coefficient (Wildman–Crippen LogP) is 2.46. The molecule has 1 aromatic rings. The second kappa shape index (κ2) is 3.57. The van der Waals surface area contributed by atoms with Gasteiger partial charge in [0.15, 0.2) is 5.69 Å². The molecule has 0 spiro atoms. The van der Waals surface area contributed by atoms with Gasteiger partial charge >= 0.3 is 0 Å². The molecule has 18 heavy (non-hydrogen) atoms. The van der Waals surface area contributed by atoms with Gasteiger partial charge in [-0.15, -0.1) is 5.10 Å². The Balaban J connectivity index is 1.70. The summed E-state index contributed by atoms with van der Waals surface area (Å²) in [5.41, 5.74) is 1.29. The van der Waals surface area contributed by atoms with Crippen LogP contribution in [0.2, 0.25) is 0 Å². The van der Waals surface area contributed by atoms with Crippen molar-refractivity contribution in [1.82, 2.24) is 15.0 Å². The highest BCUT2D eigenvalue weighted by molar-refractivity contribution is 5.22. The Kier molecular flexibility index (Phi) is 2.09. The maximum atomic E-state index is 9.02. The second-order valence-corrected chi connectivity index (χ2v) is 6.49. The Morgan fingerprint density at radius 1 is 1.06 bits per heavy atom. The van der Waals surface area contributed by atoms with Crippen molar-refractivity contribution in [3.05, 3.63) is 11.4 Å². The lowest BCUT2D eigenvalue weighted by atomic mass is 9.54. The zero-order valence-corrected chi connectivity index (χ0v) is 10.7. The van der Waals surface area contributed by atoms with Crippen LogP contribution in [-0.4, -0.2) is 15.0 Å². The summed E-state index contributed by atoms with van der Waals surface area (Å²) in [7, 11) is 0. The summed E-state index contributed by atoms with van der Waals surface area (Å²) in [6, 6.07) is 2.61. The van der Waals surface area contributed by atoms with Gasteiger partial charge in [-0.25, -0.2) is 0 Å². The lowest BCUT2D eigenvalue weighted by Gasteiger charge is -2.53. The first kappa shape index (κ1) is 10.5. The van der Waals surface area contributed by atoms with Crippen LogP contribution < -0.4 is 0 Å². The monoisotopic (exact) mass is 242 g/mol. The number of nitrogens with zero attached hydrogens (tertiary/aromatic N) is 4. The Labute approximate surface area is 107 Å². The molecule has 0 aromatic carbocycles. The molecule has 1 heterocycles. The Morgan fingerprint density at radius 2 is 1.67 bits per heavy atom. The highest BCUT2D eigenvalue weighted by atomic mass is 15.5. The molecule has 0 atom stereocenters. The van der Waals surface area contributed by atoms with Gasteiger partial charge in [-0.3, -0.25) is 0 Å². The van der Waals surface area contributed by atoms with Crippen LogP contribution in [0.15, 0.2) is 0 Å². The first-order valence-electron chi connectivity index (χ1n) is 7.08. The molecule has 4 heteroatoms. The van der Waals surface area contributed by atoms with Crippen molar-refractivity contribution in [2.24, 2.45) is 23.7 Å². The standard InChI is InChI=1S/C14H18N4/c1-8-13(7-15)17-18(16-8)14-11-3-9-2-10(5-11)6-12(14)4-9/h9-12,14H,2-6H2,1H3. The van der Waals surface area contributed by atoms with Gasteiger partial charge in [0.25, 0.3) is 0 Å². The summed E-state index contributed by atoms with van der Waals surface area (Å²) in [4.78, 5) is 1.89. The quantitative estimate of drug-likeness (QED) is 0.760. The maximum Gasteiger partial charge on any atom is 0.185 e. The summed E-state index contributed by atoms with van der Waals surface area (Å²) in [5.74, 6) is 3.46. The van der Waals surface area contributed by atoms with Crippen LogP contribution in [0.3, 0.4) is 0 Å². The van der Waals surface area contributed by atoms with Crippen molar-refractivity contribution in [2.45, 2.75) is 45.1 Å². The molecule has 4 saturated carbocycles. The number of aromatic nitrogens is 3.